The van der Waals surface area contributed by atoms with Crippen LogP contribution in [0.15, 0.2) is 18.2 Å². The van der Waals surface area contributed by atoms with Crippen LogP contribution in [-0.2, 0) is 0 Å². The largest absolute Gasteiger partial charge is 0.319 e. The Labute approximate surface area is 119 Å². The van der Waals surface area contributed by atoms with Crippen molar-refractivity contribution >= 4 is 23.2 Å². The van der Waals surface area contributed by atoms with E-state index in [0.717, 1.165) is 13.1 Å². The van der Waals surface area contributed by atoms with Crippen molar-refractivity contribution in [2.45, 2.75) is 18.9 Å². The van der Waals surface area contributed by atoms with Gasteiger partial charge in [0.15, 0.2) is 0 Å². The molecular weight excluding hydrogens is 267 g/mol. The van der Waals surface area contributed by atoms with E-state index < -0.39 is 0 Å². The molecule has 1 aromatic carbocycles. The van der Waals surface area contributed by atoms with Crippen molar-refractivity contribution in [2.75, 3.05) is 27.2 Å². The fraction of sp³-hybridized carbons (Fsp3) is 0.571. The minimum atomic E-state index is 0.431. The predicted octanol–water partition coefficient (Wildman–Crippen LogP) is 3.60. The molecule has 100 valence electrons. The first kappa shape index (κ1) is 14.1. The van der Waals surface area contributed by atoms with Crippen LogP contribution in [0.4, 0.5) is 0 Å². The Balaban J connectivity index is 2.28. The van der Waals surface area contributed by atoms with Crippen molar-refractivity contribution in [2.24, 2.45) is 5.92 Å². The van der Waals surface area contributed by atoms with Crippen LogP contribution in [0.2, 0.25) is 10.0 Å². The summed E-state index contributed by atoms with van der Waals surface area (Å²) in [5, 5.41) is 4.58. The molecule has 4 heteroatoms. The van der Waals surface area contributed by atoms with E-state index in [0.29, 0.717) is 22.0 Å². The number of hydrogen-bond acceptors (Lipinski definition) is 2. The van der Waals surface area contributed by atoms with Crippen LogP contribution in [0.25, 0.3) is 0 Å². The summed E-state index contributed by atoms with van der Waals surface area (Å²) < 4.78 is 0. The average molecular weight is 287 g/mol. The molecule has 18 heavy (non-hydrogen) atoms. The van der Waals surface area contributed by atoms with Gasteiger partial charge in [-0.1, -0.05) is 29.3 Å². The summed E-state index contributed by atoms with van der Waals surface area (Å²) >= 11 is 12.1. The monoisotopic (exact) mass is 286 g/mol. The van der Waals surface area contributed by atoms with Gasteiger partial charge in [0.2, 0.25) is 0 Å². The molecule has 2 nitrogen and oxygen atoms in total. The zero-order valence-corrected chi connectivity index (χ0v) is 12.4. The maximum Gasteiger partial charge on any atom is 0.0595 e. The van der Waals surface area contributed by atoms with Gasteiger partial charge >= 0.3 is 0 Å². The van der Waals surface area contributed by atoms with Gasteiger partial charge < -0.3 is 5.32 Å². The Hall–Kier alpha value is -0.280. The van der Waals surface area contributed by atoms with Gasteiger partial charge in [0.1, 0.15) is 0 Å². The van der Waals surface area contributed by atoms with Crippen molar-refractivity contribution in [3.8, 4) is 0 Å². The molecule has 0 amide bonds. The highest BCUT2D eigenvalue weighted by Crippen LogP contribution is 2.36. The van der Waals surface area contributed by atoms with Crippen molar-refractivity contribution in [3.63, 3.8) is 0 Å². The van der Waals surface area contributed by atoms with Crippen LogP contribution in [-0.4, -0.2) is 32.1 Å². The normalized spacial score (nSPS) is 25.3. The Morgan fingerprint density at radius 1 is 1.33 bits per heavy atom. The standard InChI is InChI=1S/C14H20Cl2N2/c1-17-9-11-4-3-7-18(2)14(11)10-5-6-12(15)13(16)8-10/h5-6,8,11,14,17H,3-4,7,9H2,1-2H3. The van der Waals surface area contributed by atoms with Gasteiger partial charge in [0, 0.05) is 6.04 Å². The van der Waals surface area contributed by atoms with Gasteiger partial charge in [-0.2, -0.15) is 0 Å². The topological polar surface area (TPSA) is 15.3 Å². The number of nitrogens with one attached hydrogen (secondary N) is 1. The van der Waals surface area contributed by atoms with Crippen LogP contribution in [0.5, 0.6) is 0 Å². The number of halogens is 2. The molecule has 1 fully saturated rings. The highest BCUT2D eigenvalue weighted by atomic mass is 35.5. The van der Waals surface area contributed by atoms with E-state index in [2.05, 4.69) is 23.3 Å². The summed E-state index contributed by atoms with van der Waals surface area (Å²) in [5.41, 5.74) is 1.27. The summed E-state index contributed by atoms with van der Waals surface area (Å²) in [7, 11) is 4.20. The molecule has 1 N–H and O–H groups in total. The molecule has 0 aliphatic carbocycles. The molecule has 1 heterocycles. The smallest absolute Gasteiger partial charge is 0.0595 e. The number of rotatable bonds is 3. The molecule has 0 aromatic heterocycles. The van der Waals surface area contributed by atoms with E-state index in [1.165, 1.54) is 18.4 Å². The molecule has 2 rings (SSSR count). The lowest BCUT2D eigenvalue weighted by molar-refractivity contribution is 0.121. The van der Waals surface area contributed by atoms with Gasteiger partial charge in [-0.05, 0) is 63.6 Å². The second kappa shape index (κ2) is 6.25. The summed E-state index contributed by atoms with van der Waals surface area (Å²) in [6.07, 6.45) is 2.52. The third-order valence-corrected chi connectivity index (χ3v) is 4.50. The van der Waals surface area contributed by atoms with Gasteiger partial charge in [-0.3, -0.25) is 4.90 Å². The number of nitrogens with zero attached hydrogens (tertiary/aromatic N) is 1. The zero-order chi connectivity index (χ0) is 13.1. The summed E-state index contributed by atoms with van der Waals surface area (Å²) in [6, 6.07) is 6.45. The lowest BCUT2D eigenvalue weighted by Gasteiger charge is -2.39. The third kappa shape index (κ3) is 3.00. The first-order valence-electron chi connectivity index (χ1n) is 6.43. The SMILES string of the molecule is CNCC1CCCN(C)C1c1ccc(Cl)c(Cl)c1. The lowest BCUT2D eigenvalue weighted by Crippen LogP contribution is -2.39. The van der Waals surface area contributed by atoms with Gasteiger partial charge in [0.05, 0.1) is 10.0 Å². The second-order valence-electron chi connectivity index (χ2n) is 5.06. The molecule has 0 spiro atoms. The third-order valence-electron chi connectivity index (χ3n) is 3.76. The van der Waals surface area contributed by atoms with Crippen LogP contribution in [0.3, 0.4) is 0 Å². The van der Waals surface area contributed by atoms with Crippen LogP contribution in [0.1, 0.15) is 24.4 Å². The number of hydrogen-bond donors (Lipinski definition) is 1. The van der Waals surface area contributed by atoms with Crippen molar-refractivity contribution in [1.82, 2.24) is 10.2 Å². The van der Waals surface area contributed by atoms with Crippen molar-refractivity contribution in [1.29, 1.82) is 0 Å². The minimum Gasteiger partial charge on any atom is -0.319 e. The van der Waals surface area contributed by atoms with E-state index in [9.17, 15) is 0 Å². The van der Waals surface area contributed by atoms with E-state index in [1.54, 1.807) is 0 Å². The van der Waals surface area contributed by atoms with Crippen LogP contribution < -0.4 is 5.32 Å². The Morgan fingerprint density at radius 3 is 2.78 bits per heavy atom. The van der Waals surface area contributed by atoms with E-state index in [1.807, 2.05) is 19.2 Å². The second-order valence-corrected chi connectivity index (χ2v) is 5.87. The highest BCUT2D eigenvalue weighted by Gasteiger charge is 2.30. The molecule has 0 radical (unpaired) electrons. The fourth-order valence-corrected chi connectivity index (χ4v) is 3.27. The summed E-state index contributed by atoms with van der Waals surface area (Å²) in [4.78, 5) is 2.42. The average Bonchev–Trinajstić information content (AvgIpc) is 2.34. The molecule has 1 aromatic rings. The molecule has 1 aliphatic heterocycles. The van der Waals surface area contributed by atoms with Gasteiger partial charge in [-0.25, -0.2) is 0 Å². The van der Waals surface area contributed by atoms with E-state index in [4.69, 9.17) is 23.2 Å². The molecule has 1 aliphatic rings. The zero-order valence-electron chi connectivity index (χ0n) is 10.9. The predicted molar refractivity (Wildman–Crippen MR) is 78.5 cm³/mol. The van der Waals surface area contributed by atoms with Crippen molar-refractivity contribution < 1.29 is 0 Å². The van der Waals surface area contributed by atoms with Crippen LogP contribution in [0, 0.1) is 5.92 Å². The molecule has 2 unspecified atom stereocenters. The summed E-state index contributed by atoms with van der Waals surface area (Å²) in [5.74, 6) is 0.631. The molecule has 2 atom stereocenters. The lowest BCUT2D eigenvalue weighted by atomic mass is 9.85. The minimum absolute atomic E-state index is 0.431. The first-order valence-corrected chi connectivity index (χ1v) is 7.19. The van der Waals surface area contributed by atoms with E-state index >= 15 is 0 Å². The number of piperidine rings is 1. The Bertz CT molecular complexity index is 407. The summed E-state index contributed by atoms with van der Waals surface area (Å²) in [6.45, 7) is 2.18. The number of benzene rings is 1. The maximum absolute atomic E-state index is 6.14. The number of likely N-dealkylation sites (tertiary alicyclic amines) is 1. The fourth-order valence-electron chi connectivity index (χ4n) is 2.96. The van der Waals surface area contributed by atoms with Gasteiger partial charge in [-0.15, -0.1) is 0 Å². The highest BCUT2D eigenvalue weighted by molar-refractivity contribution is 6.42. The van der Waals surface area contributed by atoms with Gasteiger partial charge in [0.25, 0.3) is 0 Å². The van der Waals surface area contributed by atoms with Crippen molar-refractivity contribution in [3.05, 3.63) is 33.8 Å². The molecule has 1 saturated heterocycles. The van der Waals surface area contributed by atoms with E-state index in [-0.39, 0.29) is 0 Å². The van der Waals surface area contributed by atoms with Crippen LogP contribution >= 0.6 is 23.2 Å². The quantitative estimate of drug-likeness (QED) is 0.914. The first-order chi connectivity index (χ1) is 8.63. The Kier molecular flexibility index (Phi) is 4.91. The molecular formula is C14H20Cl2N2. The Morgan fingerprint density at radius 2 is 2.11 bits per heavy atom. The molecule has 0 bridgehead atoms. The molecule has 0 saturated carbocycles. The maximum atomic E-state index is 6.14.